The topological polar surface area (TPSA) is 47.2 Å². The molecule has 2 aliphatic heterocycles. The van der Waals surface area contributed by atoms with E-state index in [2.05, 4.69) is 29.0 Å². The zero-order chi connectivity index (χ0) is 15.8. The highest BCUT2D eigenvalue weighted by Crippen LogP contribution is 2.37. The third-order valence-electron chi connectivity index (χ3n) is 3.88. The fraction of sp³-hybridized carbons (Fsp3) is 0.167. The molecule has 0 N–H and O–H groups in total. The van der Waals surface area contributed by atoms with Crippen molar-refractivity contribution in [2.75, 3.05) is 5.75 Å². The fourth-order valence-electron chi connectivity index (χ4n) is 2.82. The number of Topliss-reactive ketones (excluding diaryl/α,β-unsaturated/α-hetero) is 1. The van der Waals surface area contributed by atoms with Gasteiger partial charge in [0.25, 0.3) is 0 Å². The van der Waals surface area contributed by atoms with Crippen LogP contribution >= 0.6 is 11.8 Å². The summed E-state index contributed by atoms with van der Waals surface area (Å²) in [6, 6.07) is 15.4. The highest BCUT2D eigenvalue weighted by molar-refractivity contribution is 7.99. The van der Waals surface area contributed by atoms with Crippen molar-refractivity contribution in [2.45, 2.75) is 18.5 Å². The molecule has 1 aliphatic carbocycles. The Morgan fingerprint density at radius 1 is 1.17 bits per heavy atom. The van der Waals surface area contributed by atoms with Crippen LogP contribution in [-0.4, -0.2) is 26.8 Å². The number of fused-ring (bicyclic) bond motifs is 3. The summed E-state index contributed by atoms with van der Waals surface area (Å²) in [6.07, 6.45) is 0. The third-order valence-corrected chi connectivity index (χ3v) is 4.75. The predicted molar refractivity (Wildman–Crippen MR) is 93.1 cm³/mol. The van der Waals surface area contributed by atoms with Gasteiger partial charge in [-0.25, -0.2) is 9.98 Å². The molecule has 4 nitrogen and oxygen atoms in total. The van der Waals surface area contributed by atoms with Gasteiger partial charge in [-0.1, -0.05) is 49.4 Å². The molecular formula is C18H15N3OS. The number of carbonyl (C=O) groups is 1. The number of benzene rings is 1. The first-order valence-electron chi connectivity index (χ1n) is 7.57. The molecule has 0 aromatic heterocycles. The third kappa shape index (κ3) is 2.37. The predicted octanol–water partition coefficient (Wildman–Crippen LogP) is 4.07. The molecule has 5 heteroatoms. The van der Waals surface area contributed by atoms with Crippen LogP contribution < -0.4 is 0 Å². The van der Waals surface area contributed by atoms with E-state index in [-0.39, 0.29) is 5.78 Å². The largest absolute Gasteiger partial charge is 0.304 e. The van der Waals surface area contributed by atoms with Crippen LogP contribution in [0.4, 0.5) is 5.95 Å². The van der Waals surface area contributed by atoms with Gasteiger partial charge in [-0.3, -0.25) is 4.79 Å². The van der Waals surface area contributed by atoms with Crippen molar-refractivity contribution >= 4 is 29.2 Å². The van der Waals surface area contributed by atoms with Gasteiger partial charge in [0.15, 0.2) is 0 Å². The molecule has 1 aromatic carbocycles. The second-order valence-electron chi connectivity index (χ2n) is 5.31. The number of aromatic nitrogens is 2. The van der Waals surface area contributed by atoms with Crippen molar-refractivity contribution in [3.8, 4) is 11.3 Å². The summed E-state index contributed by atoms with van der Waals surface area (Å²) in [5.74, 6) is 1.55. The minimum absolute atomic E-state index is 0.0273. The minimum atomic E-state index is -0.0273. The van der Waals surface area contributed by atoms with Gasteiger partial charge in [-0.15, -0.1) is 11.8 Å². The van der Waals surface area contributed by atoms with E-state index in [4.69, 9.17) is 0 Å². The molecule has 0 bridgehead atoms. The first kappa shape index (κ1) is 14.2. The second-order valence-corrected chi connectivity index (χ2v) is 6.57. The van der Waals surface area contributed by atoms with Crippen molar-refractivity contribution in [2.24, 2.45) is 4.99 Å². The Bertz CT molecular complexity index is 883. The van der Waals surface area contributed by atoms with Gasteiger partial charge in [0.1, 0.15) is 10.7 Å². The summed E-state index contributed by atoms with van der Waals surface area (Å²) in [5.41, 5.74) is 3.43. The number of rotatable bonds is 4. The number of carbonyl (C=O) groups excluding carboxylic acids is 1. The zero-order valence-corrected chi connectivity index (χ0v) is 13.5. The molecule has 0 atom stereocenters. The highest BCUT2D eigenvalue weighted by atomic mass is 32.2. The Labute approximate surface area is 138 Å². The molecule has 23 heavy (non-hydrogen) atoms. The lowest BCUT2D eigenvalue weighted by Crippen LogP contribution is -2.17. The molecule has 0 amide bonds. The van der Waals surface area contributed by atoms with Crippen molar-refractivity contribution in [1.29, 1.82) is 0 Å². The van der Waals surface area contributed by atoms with E-state index in [1.807, 2.05) is 41.0 Å². The van der Waals surface area contributed by atoms with Crippen molar-refractivity contribution < 1.29 is 4.79 Å². The zero-order valence-electron chi connectivity index (χ0n) is 12.7. The molecule has 0 radical (unpaired) electrons. The fourth-order valence-corrected chi connectivity index (χ4v) is 3.57. The van der Waals surface area contributed by atoms with Gasteiger partial charge in [-0.2, -0.15) is 0 Å². The Balaban J connectivity index is 1.75. The van der Waals surface area contributed by atoms with Crippen LogP contribution in [0.1, 0.15) is 17.3 Å². The highest BCUT2D eigenvalue weighted by Gasteiger charge is 2.26. The van der Waals surface area contributed by atoms with Crippen LogP contribution in [0.2, 0.25) is 0 Å². The van der Waals surface area contributed by atoms with Gasteiger partial charge in [-0.05, 0) is 11.8 Å². The van der Waals surface area contributed by atoms with E-state index in [0.717, 1.165) is 22.0 Å². The van der Waals surface area contributed by atoms with Crippen LogP contribution in [0.15, 0.2) is 58.5 Å². The quantitative estimate of drug-likeness (QED) is 0.413. The van der Waals surface area contributed by atoms with Crippen molar-refractivity contribution in [3.63, 3.8) is 0 Å². The molecule has 0 fully saturated rings. The maximum absolute atomic E-state index is 12.6. The van der Waals surface area contributed by atoms with E-state index in [0.29, 0.717) is 23.8 Å². The van der Waals surface area contributed by atoms with Gasteiger partial charge in [0.2, 0.25) is 11.7 Å². The monoisotopic (exact) mass is 321 g/mol. The molecule has 0 spiro atoms. The first-order valence-corrected chi connectivity index (χ1v) is 8.56. The van der Waals surface area contributed by atoms with Crippen LogP contribution in [0.5, 0.6) is 0 Å². The smallest absolute Gasteiger partial charge is 0.231 e. The van der Waals surface area contributed by atoms with Gasteiger partial charge in [0, 0.05) is 11.1 Å². The standard InChI is InChI=1S/C18H15N3OS/c1-2-23-17-13-9-6-10-15(13)21-11-14(19-18(21)20-17)16(22)12-7-4-3-5-8-12/h3-10H,2,11H2,1H3. The number of aliphatic imine (C=N–C) groups is 1. The molecule has 1 aromatic rings. The van der Waals surface area contributed by atoms with E-state index >= 15 is 0 Å². The van der Waals surface area contributed by atoms with E-state index in [1.165, 1.54) is 0 Å². The van der Waals surface area contributed by atoms with E-state index in [1.54, 1.807) is 11.8 Å². The maximum Gasteiger partial charge on any atom is 0.231 e. The molecule has 4 rings (SSSR count). The van der Waals surface area contributed by atoms with Crippen molar-refractivity contribution in [1.82, 2.24) is 9.55 Å². The number of nitrogens with zero attached hydrogens (tertiary/aromatic N) is 3. The van der Waals surface area contributed by atoms with E-state index in [9.17, 15) is 4.79 Å². The van der Waals surface area contributed by atoms with Crippen LogP contribution in [-0.2, 0) is 6.54 Å². The Morgan fingerprint density at radius 3 is 2.78 bits per heavy atom. The molecule has 2 heterocycles. The number of thioether (sulfide) groups is 1. The second kappa shape index (κ2) is 5.66. The number of hydrogen-bond acceptors (Lipinski definition) is 4. The lowest BCUT2D eigenvalue weighted by atomic mass is 10.1. The van der Waals surface area contributed by atoms with Gasteiger partial charge in [0.05, 0.1) is 12.2 Å². The summed E-state index contributed by atoms with van der Waals surface area (Å²) in [4.78, 5) is 21.8. The van der Waals surface area contributed by atoms with E-state index < -0.39 is 0 Å². The normalized spacial score (nSPS) is 13.2. The Kier molecular flexibility index (Phi) is 3.50. The Morgan fingerprint density at radius 2 is 2.00 bits per heavy atom. The average molecular weight is 321 g/mol. The lowest BCUT2D eigenvalue weighted by molar-refractivity contribution is 0.106. The summed E-state index contributed by atoms with van der Waals surface area (Å²) in [6.45, 7) is 2.59. The molecule has 0 unspecified atom stereocenters. The van der Waals surface area contributed by atoms with Crippen molar-refractivity contribution in [3.05, 3.63) is 54.1 Å². The SMILES string of the molecule is CCSc1nc2n(c3cccc1-3)CC(C(=O)c1ccccc1)=N2. The summed E-state index contributed by atoms with van der Waals surface area (Å²) < 4.78 is 2.02. The number of hydrogen-bond donors (Lipinski definition) is 0. The van der Waals surface area contributed by atoms with Crippen LogP contribution in [0, 0.1) is 0 Å². The molecule has 0 saturated heterocycles. The summed E-state index contributed by atoms with van der Waals surface area (Å²) >= 11 is 1.70. The molecule has 114 valence electrons. The maximum atomic E-state index is 12.6. The van der Waals surface area contributed by atoms with Gasteiger partial charge < -0.3 is 4.57 Å². The van der Waals surface area contributed by atoms with Crippen LogP contribution in [0.3, 0.4) is 0 Å². The molecule has 0 saturated carbocycles. The van der Waals surface area contributed by atoms with Crippen LogP contribution in [0.25, 0.3) is 11.3 Å². The first-order chi connectivity index (χ1) is 11.3. The van der Waals surface area contributed by atoms with Gasteiger partial charge >= 0.3 is 0 Å². The molecule has 3 aliphatic rings. The minimum Gasteiger partial charge on any atom is -0.304 e. The Hall–Kier alpha value is -2.40. The molecular weight excluding hydrogens is 306 g/mol. The average Bonchev–Trinajstić information content (AvgIpc) is 3.21. The lowest BCUT2D eigenvalue weighted by Gasteiger charge is -2.13. The number of ketones is 1. The summed E-state index contributed by atoms with van der Waals surface area (Å²) in [7, 11) is 0. The summed E-state index contributed by atoms with van der Waals surface area (Å²) in [5, 5.41) is 0.982.